The average Bonchev–Trinajstić information content (AvgIpc) is 2.67. The monoisotopic (exact) mass is 362 g/mol. The van der Waals surface area contributed by atoms with Crippen LogP contribution in [0.25, 0.3) is 0 Å². The number of piperidine rings is 1. The van der Waals surface area contributed by atoms with Crippen molar-refractivity contribution in [3.05, 3.63) is 23.8 Å². The Morgan fingerprint density at radius 2 is 1.73 bits per heavy atom. The average molecular weight is 362 g/mol. The highest BCUT2D eigenvalue weighted by molar-refractivity contribution is 5.78. The maximum absolute atomic E-state index is 12.3. The molecule has 26 heavy (non-hydrogen) atoms. The minimum Gasteiger partial charge on any atom is -0.493 e. The lowest BCUT2D eigenvalue weighted by Crippen LogP contribution is -2.39. The predicted molar refractivity (Wildman–Crippen MR) is 101 cm³/mol. The Bertz CT molecular complexity index is 612. The van der Waals surface area contributed by atoms with Crippen molar-refractivity contribution in [2.24, 2.45) is 0 Å². The van der Waals surface area contributed by atoms with E-state index in [1.54, 1.807) is 26.0 Å². The highest BCUT2D eigenvalue weighted by atomic mass is 16.5. The first kappa shape index (κ1) is 20.1. The number of hydrogen-bond donors (Lipinski definition) is 0. The summed E-state index contributed by atoms with van der Waals surface area (Å²) >= 11 is 0. The van der Waals surface area contributed by atoms with Crippen LogP contribution in [0.5, 0.6) is 11.5 Å². The van der Waals surface area contributed by atoms with Gasteiger partial charge in [0, 0.05) is 39.5 Å². The van der Waals surface area contributed by atoms with Crippen molar-refractivity contribution in [3.8, 4) is 11.5 Å². The highest BCUT2D eigenvalue weighted by Crippen LogP contribution is 2.27. The second kappa shape index (κ2) is 10.0. The highest BCUT2D eigenvalue weighted by Gasteiger charge is 2.18. The Morgan fingerprint density at radius 1 is 1.04 bits per heavy atom. The molecule has 1 aliphatic heterocycles. The van der Waals surface area contributed by atoms with Gasteiger partial charge in [0.1, 0.15) is 0 Å². The van der Waals surface area contributed by atoms with Crippen LogP contribution in [0, 0.1) is 0 Å². The third kappa shape index (κ3) is 5.64. The quantitative estimate of drug-likeness (QED) is 0.713. The van der Waals surface area contributed by atoms with E-state index in [-0.39, 0.29) is 11.8 Å². The van der Waals surface area contributed by atoms with Crippen LogP contribution in [0.15, 0.2) is 18.2 Å². The first-order valence-electron chi connectivity index (χ1n) is 9.29. The van der Waals surface area contributed by atoms with Gasteiger partial charge in [-0.15, -0.1) is 0 Å². The molecule has 1 heterocycles. The summed E-state index contributed by atoms with van der Waals surface area (Å²) in [5.41, 5.74) is 1.07. The van der Waals surface area contributed by atoms with Gasteiger partial charge in [0.15, 0.2) is 11.5 Å². The van der Waals surface area contributed by atoms with Crippen molar-refractivity contribution in [3.63, 3.8) is 0 Å². The summed E-state index contributed by atoms with van der Waals surface area (Å²) in [7, 11) is 3.21. The van der Waals surface area contributed by atoms with Crippen molar-refractivity contribution < 1.29 is 19.1 Å². The number of hydrogen-bond acceptors (Lipinski definition) is 4. The Labute approximate surface area is 156 Å². The minimum atomic E-state index is -0.00285. The molecular formula is C20H30N2O4. The number of ether oxygens (including phenoxy) is 2. The molecule has 1 aromatic rings. The van der Waals surface area contributed by atoms with E-state index in [9.17, 15) is 9.59 Å². The van der Waals surface area contributed by atoms with Gasteiger partial charge in [0.2, 0.25) is 11.8 Å². The summed E-state index contributed by atoms with van der Waals surface area (Å²) < 4.78 is 10.6. The SMILES string of the molecule is COc1ccc(CCN(CCC(=O)N2CCCCC2)C(C)=O)cc1OC. The summed E-state index contributed by atoms with van der Waals surface area (Å²) in [5, 5.41) is 0. The lowest BCUT2D eigenvalue weighted by atomic mass is 10.1. The molecule has 0 aliphatic carbocycles. The summed E-state index contributed by atoms with van der Waals surface area (Å²) in [6.45, 7) is 4.31. The fourth-order valence-corrected chi connectivity index (χ4v) is 3.26. The number of rotatable bonds is 8. The molecule has 0 atom stereocenters. The molecule has 1 aliphatic rings. The van der Waals surface area contributed by atoms with Gasteiger partial charge in [-0.25, -0.2) is 0 Å². The molecule has 0 bridgehead atoms. The van der Waals surface area contributed by atoms with Gasteiger partial charge < -0.3 is 19.3 Å². The molecule has 144 valence electrons. The third-order valence-corrected chi connectivity index (χ3v) is 4.87. The zero-order valence-electron chi connectivity index (χ0n) is 16.1. The van der Waals surface area contributed by atoms with Gasteiger partial charge >= 0.3 is 0 Å². The van der Waals surface area contributed by atoms with E-state index in [2.05, 4.69) is 0 Å². The van der Waals surface area contributed by atoms with E-state index in [0.717, 1.165) is 31.5 Å². The van der Waals surface area contributed by atoms with Crippen molar-refractivity contribution in [2.45, 2.75) is 39.0 Å². The van der Waals surface area contributed by atoms with Gasteiger partial charge in [0.05, 0.1) is 14.2 Å². The fraction of sp³-hybridized carbons (Fsp3) is 0.600. The summed E-state index contributed by atoms with van der Waals surface area (Å²) in [4.78, 5) is 27.9. The number of carbonyl (C=O) groups excluding carboxylic acids is 2. The molecule has 0 saturated carbocycles. The van der Waals surface area contributed by atoms with Crippen LogP contribution in [0.3, 0.4) is 0 Å². The number of likely N-dealkylation sites (tertiary alicyclic amines) is 1. The zero-order valence-corrected chi connectivity index (χ0v) is 16.1. The minimum absolute atomic E-state index is 0.00285. The summed E-state index contributed by atoms with van der Waals surface area (Å²) in [6, 6.07) is 5.76. The maximum atomic E-state index is 12.3. The van der Waals surface area contributed by atoms with Gasteiger partial charge in [-0.3, -0.25) is 9.59 Å². The Balaban J connectivity index is 1.87. The summed E-state index contributed by atoms with van der Waals surface area (Å²) in [5.74, 6) is 1.52. The number of carbonyl (C=O) groups is 2. The van der Waals surface area contributed by atoms with Crippen molar-refractivity contribution in [1.29, 1.82) is 0 Å². The molecule has 6 nitrogen and oxygen atoms in total. The molecule has 0 spiro atoms. The smallest absolute Gasteiger partial charge is 0.224 e. The number of amides is 2. The van der Waals surface area contributed by atoms with Gasteiger partial charge in [-0.2, -0.15) is 0 Å². The first-order valence-corrected chi connectivity index (χ1v) is 9.29. The molecule has 0 aromatic heterocycles. The molecule has 2 amide bonds. The van der Waals surface area contributed by atoms with E-state index in [1.165, 1.54) is 6.42 Å². The Kier molecular flexibility index (Phi) is 7.75. The van der Waals surface area contributed by atoms with Crippen LogP contribution in [0.1, 0.15) is 38.2 Å². The predicted octanol–water partition coefficient (Wildman–Crippen LogP) is 2.50. The topological polar surface area (TPSA) is 59.1 Å². The second-order valence-corrected chi connectivity index (χ2v) is 6.64. The number of benzene rings is 1. The molecule has 0 N–H and O–H groups in total. The van der Waals surface area contributed by atoms with Crippen molar-refractivity contribution in [2.75, 3.05) is 40.4 Å². The van der Waals surface area contributed by atoms with Gasteiger partial charge in [-0.1, -0.05) is 6.07 Å². The van der Waals surface area contributed by atoms with Crippen LogP contribution in [-0.4, -0.2) is 62.0 Å². The van der Waals surface area contributed by atoms with Crippen LogP contribution >= 0.6 is 0 Å². The van der Waals surface area contributed by atoms with Crippen molar-refractivity contribution in [1.82, 2.24) is 9.80 Å². The summed E-state index contributed by atoms with van der Waals surface area (Å²) in [6.07, 6.45) is 4.47. The Morgan fingerprint density at radius 3 is 2.35 bits per heavy atom. The van der Waals surface area contributed by atoms with Gasteiger partial charge in [0.25, 0.3) is 0 Å². The number of methoxy groups -OCH3 is 2. The number of nitrogens with zero attached hydrogens (tertiary/aromatic N) is 2. The van der Waals surface area contributed by atoms with E-state index >= 15 is 0 Å². The lowest BCUT2D eigenvalue weighted by molar-refractivity contribution is -0.134. The molecule has 6 heteroatoms. The maximum Gasteiger partial charge on any atom is 0.224 e. The standard InChI is InChI=1S/C20H30N2O4/c1-16(23)21(14-10-20(24)22-11-5-4-6-12-22)13-9-17-7-8-18(25-2)19(15-17)26-3/h7-8,15H,4-6,9-14H2,1-3H3. The van der Waals surface area contributed by atoms with Crippen LogP contribution in [0.4, 0.5) is 0 Å². The van der Waals surface area contributed by atoms with Gasteiger partial charge in [-0.05, 0) is 43.4 Å². The van der Waals surface area contributed by atoms with E-state index < -0.39 is 0 Å². The van der Waals surface area contributed by atoms with Crippen LogP contribution in [-0.2, 0) is 16.0 Å². The molecule has 0 unspecified atom stereocenters. The molecule has 1 fully saturated rings. The van der Waals surface area contributed by atoms with Crippen molar-refractivity contribution >= 4 is 11.8 Å². The van der Waals surface area contributed by atoms with Crippen LogP contribution < -0.4 is 9.47 Å². The molecule has 0 radical (unpaired) electrons. The lowest BCUT2D eigenvalue weighted by Gasteiger charge is -2.28. The first-order chi connectivity index (χ1) is 12.5. The van der Waals surface area contributed by atoms with E-state index in [0.29, 0.717) is 37.4 Å². The normalized spacial score (nSPS) is 14.0. The molecule has 1 aromatic carbocycles. The third-order valence-electron chi connectivity index (χ3n) is 4.87. The molecular weight excluding hydrogens is 332 g/mol. The fourth-order valence-electron chi connectivity index (χ4n) is 3.26. The molecule has 1 saturated heterocycles. The second-order valence-electron chi connectivity index (χ2n) is 6.64. The largest absolute Gasteiger partial charge is 0.493 e. The zero-order chi connectivity index (χ0) is 18.9. The Hall–Kier alpha value is -2.24. The molecule has 2 rings (SSSR count). The van der Waals surface area contributed by atoms with E-state index in [4.69, 9.17) is 9.47 Å². The van der Waals surface area contributed by atoms with E-state index in [1.807, 2.05) is 23.1 Å². The van der Waals surface area contributed by atoms with Crippen LogP contribution in [0.2, 0.25) is 0 Å².